The molecular formula is C16H19Br2NO. The molecule has 3 atom stereocenters. The van der Waals surface area contributed by atoms with Crippen molar-refractivity contribution in [2.45, 2.75) is 45.1 Å². The van der Waals surface area contributed by atoms with Gasteiger partial charge in [-0.15, -0.1) is 0 Å². The van der Waals surface area contributed by atoms with Crippen LogP contribution in [-0.2, 0) is 0 Å². The predicted molar refractivity (Wildman–Crippen MR) is 87.1 cm³/mol. The molecule has 1 fully saturated rings. The van der Waals surface area contributed by atoms with E-state index in [1.165, 1.54) is 6.42 Å². The van der Waals surface area contributed by atoms with Gasteiger partial charge in [0.15, 0.2) is 0 Å². The van der Waals surface area contributed by atoms with Crippen LogP contribution >= 0.6 is 31.9 Å². The van der Waals surface area contributed by atoms with Gasteiger partial charge in [-0.1, -0.05) is 32.3 Å². The summed E-state index contributed by atoms with van der Waals surface area (Å²) in [4.78, 5) is 0. The predicted octanol–water partition coefficient (Wildman–Crippen LogP) is 5.36. The highest BCUT2D eigenvalue weighted by molar-refractivity contribution is 9.13. The van der Waals surface area contributed by atoms with Crippen molar-refractivity contribution in [1.82, 2.24) is 0 Å². The second kappa shape index (κ2) is 6.60. The van der Waals surface area contributed by atoms with E-state index < -0.39 is 11.5 Å². The third kappa shape index (κ3) is 3.10. The van der Waals surface area contributed by atoms with Crippen molar-refractivity contribution < 1.29 is 5.11 Å². The van der Waals surface area contributed by atoms with Crippen LogP contribution in [0.5, 0.6) is 0 Å². The Morgan fingerprint density at radius 2 is 2.20 bits per heavy atom. The smallest absolute Gasteiger partial charge is 0.0976 e. The summed E-state index contributed by atoms with van der Waals surface area (Å²) < 4.78 is 1.86. The first-order valence-corrected chi connectivity index (χ1v) is 8.65. The molecule has 0 saturated heterocycles. The van der Waals surface area contributed by atoms with Crippen LogP contribution in [0.3, 0.4) is 0 Å². The van der Waals surface area contributed by atoms with E-state index in [4.69, 9.17) is 0 Å². The Bertz CT molecular complexity index is 526. The minimum atomic E-state index is -0.716. The summed E-state index contributed by atoms with van der Waals surface area (Å²) in [5.74, 6) is 0.553. The third-order valence-electron chi connectivity index (χ3n) is 4.47. The molecule has 4 heteroatoms. The van der Waals surface area contributed by atoms with Gasteiger partial charge in [-0.3, -0.25) is 0 Å². The van der Waals surface area contributed by atoms with E-state index in [0.717, 1.165) is 40.2 Å². The molecule has 3 unspecified atom stereocenters. The average Bonchev–Trinajstić information content (AvgIpc) is 2.49. The van der Waals surface area contributed by atoms with Gasteiger partial charge in [0.2, 0.25) is 0 Å². The molecule has 2 nitrogen and oxygen atoms in total. The molecule has 0 amide bonds. The van der Waals surface area contributed by atoms with E-state index in [0.29, 0.717) is 5.92 Å². The number of hydrogen-bond acceptors (Lipinski definition) is 2. The quantitative estimate of drug-likeness (QED) is 0.742. The third-order valence-corrected chi connectivity index (χ3v) is 6.35. The second-order valence-electron chi connectivity index (χ2n) is 5.71. The Morgan fingerprint density at radius 3 is 2.80 bits per heavy atom. The molecule has 0 aromatic heterocycles. The highest BCUT2D eigenvalue weighted by Crippen LogP contribution is 2.48. The van der Waals surface area contributed by atoms with Gasteiger partial charge in [0.05, 0.1) is 17.6 Å². The van der Waals surface area contributed by atoms with E-state index in [9.17, 15) is 10.4 Å². The van der Waals surface area contributed by atoms with Gasteiger partial charge in [-0.2, -0.15) is 5.26 Å². The SMILES string of the molecule is CCC1CCCC(C#N)(C(O)c2ccc(Br)c(Br)c2)C1. The van der Waals surface area contributed by atoms with Crippen LogP contribution in [0.15, 0.2) is 27.1 Å². The van der Waals surface area contributed by atoms with Crippen molar-refractivity contribution in [3.05, 3.63) is 32.7 Å². The van der Waals surface area contributed by atoms with Crippen LogP contribution in [0, 0.1) is 22.7 Å². The fourth-order valence-corrected chi connectivity index (χ4v) is 3.83. The minimum Gasteiger partial charge on any atom is -0.387 e. The van der Waals surface area contributed by atoms with Crippen LogP contribution in [0.1, 0.15) is 50.7 Å². The largest absolute Gasteiger partial charge is 0.387 e. The summed E-state index contributed by atoms with van der Waals surface area (Å²) in [5.41, 5.74) is 0.185. The van der Waals surface area contributed by atoms with Gasteiger partial charge in [-0.25, -0.2) is 0 Å². The van der Waals surface area contributed by atoms with Crippen LogP contribution in [0.4, 0.5) is 0 Å². The summed E-state index contributed by atoms with van der Waals surface area (Å²) in [6.07, 6.45) is 4.16. The maximum absolute atomic E-state index is 10.8. The molecule has 1 aliphatic carbocycles. The van der Waals surface area contributed by atoms with Gasteiger partial charge in [0.1, 0.15) is 0 Å². The number of benzene rings is 1. The maximum atomic E-state index is 10.8. The maximum Gasteiger partial charge on any atom is 0.0976 e. The van der Waals surface area contributed by atoms with E-state index in [-0.39, 0.29) is 0 Å². The molecule has 1 aliphatic rings. The van der Waals surface area contributed by atoms with E-state index in [1.54, 1.807) is 0 Å². The van der Waals surface area contributed by atoms with Crippen molar-refractivity contribution in [2.75, 3.05) is 0 Å². The summed E-state index contributed by atoms with van der Waals surface area (Å²) in [6, 6.07) is 8.15. The zero-order valence-electron chi connectivity index (χ0n) is 11.6. The number of aliphatic hydroxyl groups is 1. The van der Waals surface area contributed by atoms with E-state index in [1.807, 2.05) is 18.2 Å². The topological polar surface area (TPSA) is 44.0 Å². The number of nitrogens with zero attached hydrogens (tertiary/aromatic N) is 1. The highest BCUT2D eigenvalue weighted by atomic mass is 79.9. The Labute approximate surface area is 137 Å². The van der Waals surface area contributed by atoms with E-state index in [2.05, 4.69) is 44.9 Å². The van der Waals surface area contributed by atoms with Crippen molar-refractivity contribution in [3.8, 4) is 6.07 Å². The number of halogens is 2. The fraction of sp³-hybridized carbons (Fsp3) is 0.562. The molecule has 2 rings (SSSR count). The Balaban J connectivity index is 2.30. The van der Waals surface area contributed by atoms with Gasteiger partial charge < -0.3 is 5.11 Å². The lowest BCUT2D eigenvalue weighted by Gasteiger charge is -2.39. The van der Waals surface area contributed by atoms with E-state index >= 15 is 0 Å². The van der Waals surface area contributed by atoms with Crippen LogP contribution < -0.4 is 0 Å². The molecule has 1 aromatic carbocycles. The first-order chi connectivity index (χ1) is 9.52. The van der Waals surface area contributed by atoms with Crippen LogP contribution in [-0.4, -0.2) is 5.11 Å². The van der Waals surface area contributed by atoms with Crippen molar-refractivity contribution in [3.63, 3.8) is 0 Å². The number of nitriles is 1. The molecular weight excluding hydrogens is 382 g/mol. The highest BCUT2D eigenvalue weighted by Gasteiger charge is 2.43. The molecule has 0 bridgehead atoms. The standard InChI is InChI=1S/C16H19Br2NO/c1-2-11-4-3-7-16(9-11,10-19)15(20)12-5-6-13(17)14(18)8-12/h5-6,8,11,15,20H,2-4,7,9H2,1H3. The molecule has 1 N–H and O–H groups in total. The monoisotopic (exact) mass is 399 g/mol. The zero-order chi connectivity index (χ0) is 14.8. The summed E-state index contributed by atoms with van der Waals surface area (Å²) in [5, 5.41) is 20.4. The van der Waals surface area contributed by atoms with Gasteiger partial charge in [-0.05, 0) is 68.3 Å². The number of rotatable bonds is 3. The average molecular weight is 401 g/mol. The van der Waals surface area contributed by atoms with Crippen molar-refractivity contribution in [1.29, 1.82) is 5.26 Å². The molecule has 0 spiro atoms. The second-order valence-corrected chi connectivity index (χ2v) is 7.42. The Morgan fingerprint density at radius 1 is 1.45 bits per heavy atom. The zero-order valence-corrected chi connectivity index (χ0v) is 14.7. The normalized spacial score (nSPS) is 27.9. The molecule has 1 saturated carbocycles. The molecule has 0 radical (unpaired) electrons. The Kier molecular flexibility index (Phi) is 5.28. The van der Waals surface area contributed by atoms with Crippen molar-refractivity contribution >= 4 is 31.9 Å². The summed E-state index contributed by atoms with van der Waals surface area (Å²) >= 11 is 6.89. The fourth-order valence-electron chi connectivity index (χ4n) is 3.19. The molecule has 0 aliphatic heterocycles. The molecule has 108 valence electrons. The lowest BCUT2D eigenvalue weighted by Crippen LogP contribution is -2.33. The molecule has 1 aromatic rings. The van der Waals surface area contributed by atoms with Gasteiger partial charge in [0.25, 0.3) is 0 Å². The minimum absolute atomic E-state index is 0.553. The number of aliphatic hydroxyl groups excluding tert-OH is 1. The van der Waals surface area contributed by atoms with Crippen LogP contribution in [0.25, 0.3) is 0 Å². The first-order valence-electron chi connectivity index (χ1n) is 7.06. The lowest BCUT2D eigenvalue weighted by molar-refractivity contribution is 0.0185. The summed E-state index contributed by atoms with van der Waals surface area (Å²) in [6.45, 7) is 2.17. The molecule has 20 heavy (non-hydrogen) atoms. The first kappa shape index (κ1) is 16.0. The summed E-state index contributed by atoms with van der Waals surface area (Å²) in [7, 11) is 0. The van der Waals surface area contributed by atoms with Crippen LogP contribution in [0.2, 0.25) is 0 Å². The van der Waals surface area contributed by atoms with Gasteiger partial charge in [0, 0.05) is 8.95 Å². The lowest BCUT2D eigenvalue weighted by atomic mass is 9.65. The Hall–Kier alpha value is -0.370. The number of hydrogen-bond donors (Lipinski definition) is 1. The van der Waals surface area contributed by atoms with Gasteiger partial charge >= 0.3 is 0 Å². The van der Waals surface area contributed by atoms with Crippen molar-refractivity contribution in [2.24, 2.45) is 11.3 Å². The molecule has 0 heterocycles.